The van der Waals surface area contributed by atoms with Crippen LogP contribution >= 0.6 is 0 Å². The van der Waals surface area contributed by atoms with E-state index in [1.54, 1.807) is 7.11 Å². The molecule has 106 valence electrons. The van der Waals surface area contributed by atoms with Gasteiger partial charge in [0, 0.05) is 18.1 Å². The number of aliphatic hydroxyl groups is 1. The fourth-order valence-corrected chi connectivity index (χ4v) is 2.59. The van der Waals surface area contributed by atoms with E-state index in [4.69, 9.17) is 4.74 Å². The van der Waals surface area contributed by atoms with Crippen molar-refractivity contribution in [2.24, 2.45) is 0 Å². The third kappa shape index (κ3) is 3.20. The van der Waals surface area contributed by atoms with Gasteiger partial charge in [-0.3, -0.25) is 0 Å². The minimum absolute atomic E-state index is 0.166. The van der Waals surface area contributed by atoms with Crippen LogP contribution in [-0.4, -0.2) is 18.8 Å². The molecule has 2 rings (SSSR count). The van der Waals surface area contributed by atoms with Crippen molar-refractivity contribution >= 4 is 0 Å². The van der Waals surface area contributed by atoms with Gasteiger partial charge in [0.15, 0.2) is 0 Å². The Kier molecular flexibility index (Phi) is 5.19. The fourth-order valence-electron chi connectivity index (χ4n) is 2.59. The van der Waals surface area contributed by atoms with Crippen LogP contribution in [0.4, 0.5) is 0 Å². The van der Waals surface area contributed by atoms with Crippen LogP contribution in [0.15, 0.2) is 48.5 Å². The second kappa shape index (κ2) is 7.11. The van der Waals surface area contributed by atoms with E-state index >= 15 is 0 Å². The van der Waals surface area contributed by atoms with Gasteiger partial charge in [-0.2, -0.15) is 0 Å². The number of rotatable bonds is 6. The van der Waals surface area contributed by atoms with Crippen molar-refractivity contribution < 1.29 is 9.84 Å². The van der Waals surface area contributed by atoms with Gasteiger partial charge in [0.05, 0.1) is 7.11 Å². The van der Waals surface area contributed by atoms with Gasteiger partial charge in [-0.05, 0) is 30.0 Å². The van der Waals surface area contributed by atoms with E-state index in [-0.39, 0.29) is 12.5 Å². The number of hydrogen-bond acceptors (Lipinski definition) is 2. The van der Waals surface area contributed by atoms with Crippen LogP contribution in [0.2, 0.25) is 0 Å². The minimum Gasteiger partial charge on any atom is -0.496 e. The molecule has 0 aliphatic carbocycles. The molecule has 0 aliphatic heterocycles. The van der Waals surface area contributed by atoms with Crippen LogP contribution in [0, 0.1) is 0 Å². The van der Waals surface area contributed by atoms with Gasteiger partial charge in [-0.1, -0.05) is 49.4 Å². The lowest BCUT2D eigenvalue weighted by Crippen LogP contribution is -2.06. The highest BCUT2D eigenvalue weighted by molar-refractivity contribution is 5.44. The van der Waals surface area contributed by atoms with E-state index in [1.807, 2.05) is 24.3 Å². The molecule has 0 amide bonds. The number of methoxy groups -OCH3 is 1. The quantitative estimate of drug-likeness (QED) is 0.865. The van der Waals surface area contributed by atoms with E-state index in [1.165, 1.54) is 11.1 Å². The van der Waals surface area contributed by atoms with Crippen LogP contribution in [0.3, 0.4) is 0 Å². The lowest BCUT2D eigenvalue weighted by molar-refractivity contribution is 0.280. The minimum atomic E-state index is 0.166. The van der Waals surface area contributed by atoms with E-state index in [0.29, 0.717) is 6.42 Å². The van der Waals surface area contributed by atoms with Crippen LogP contribution in [0.1, 0.15) is 36.0 Å². The smallest absolute Gasteiger partial charge is 0.122 e. The highest BCUT2D eigenvalue weighted by Crippen LogP contribution is 2.35. The summed E-state index contributed by atoms with van der Waals surface area (Å²) in [6, 6.07) is 16.6. The zero-order chi connectivity index (χ0) is 14.4. The number of ether oxygens (including phenoxy) is 1. The summed E-state index contributed by atoms with van der Waals surface area (Å²) in [5.41, 5.74) is 3.67. The zero-order valence-corrected chi connectivity index (χ0v) is 12.2. The number of aliphatic hydroxyl groups excluding tert-OH is 1. The predicted octanol–water partition coefficient (Wildman–Crippen LogP) is 3.77. The average Bonchev–Trinajstić information content (AvgIpc) is 2.53. The second-order valence-corrected chi connectivity index (χ2v) is 4.91. The molecule has 1 unspecified atom stereocenters. The molecule has 1 N–H and O–H groups in total. The molecule has 0 aliphatic rings. The maximum atomic E-state index is 9.41. The van der Waals surface area contributed by atoms with E-state index in [0.717, 1.165) is 17.7 Å². The summed E-state index contributed by atoms with van der Waals surface area (Å²) in [5, 5.41) is 9.41. The standard InChI is InChI=1S/C18H22O2/c1-3-14-9-10-18(20-2)17(13-14)16(11-12-19)15-7-5-4-6-8-15/h4-10,13,16,19H,3,11-12H2,1-2H3. The number of hydrogen-bond donors (Lipinski definition) is 1. The SMILES string of the molecule is CCc1ccc(OC)c(C(CCO)c2ccccc2)c1. The molecule has 2 aromatic rings. The van der Waals surface area contributed by atoms with Crippen molar-refractivity contribution in [2.75, 3.05) is 13.7 Å². The summed E-state index contributed by atoms with van der Waals surface area (Å²) in [6.07, 6.45) is 1.70. The van der Waals surface area contributed by atoms with Crippen molar-refractivity contribution in [3.8, 4) is 5.75 Å². The van der Waals surface area contributed by atoms with Crippen LogP contribution in [-0.2, 0) is 6.42 Å². The molecule has 0 saturated carbocycles. The fraction of sp³-hybridized carbons (Fsp3) is 0.333. The second-order valence-electron chi connectivity index (χ2n) is 4.91. The topological polar surface area (TPSA) is 29.5 Å². The summed E-state index contributed by atoms with van der Waals surface area (Å²) < 4.78 is 5.51. The molecule has 0 bridgehead atoms. The van der Waals surface area contributed by atoms with Gasteiger partial charge in [0.2, 0.25) is 0 Å². The van der Waals surface area contributed by atoms with Gasteiger partial charge in [-0.15, -0.1) is 0 Å². The van der Waals surface area contributed by atoms with Gasteiger partial charge in [0.25, 0.3) is 0 Å². The van der Waals surface area contributed by atoms with Gasteiger partial charge >= 0.3 is 0 Å². The average molecular weight is 270 g/mol. The van der Waals surface area contributed by atoms with Crippen molar-refractivity contribution in [1.82, 2.24) is 0 Å². The largest absolute Gasteiger partial charge is 0.496 e. The Morgan fingerprint density at radius 2 is 1.85 bits per heavy atom. The number of benzene rings is 2. The first-order valence-electron chi connectivity index (χ1n) is 7.12. The third-order valence-electron chi connectivity index (χ3n) is 3.70. The predicted molar refractivity (Wildman–Crippen MR) is 82.4 cm³/mol. The molecule has 0 spiro atoms. The number of aryl methyl sites for hydroxylation is 1. The summed E-state index contributed by atoms with van der Waals surface area (Å²) in [4.78, 5) is 0. The summed E-state index contributed by atoms with van der Waals surface area (Å²) in [6.45, 7) is 2.31. The summed E-state index contributed by atoms with van der Waals surface area (Å²) >= 11 is 0. The van der Waals surface area contributed by atoms with Crippen molar-refractivity contribution in [1.29, 1.82) is 0 Å². The first-order valence-corrected chi connectivity index (χ1v) is 7.12. The van der Waals surface area contributed by atoms with Crippen molar-refractivity contribution in [3.63, 3.8) is 0 Å². The molecule has 0 heterocycles. The van der Waals surface area contributed by atoms with Crippen LogP contribution < -0.4 is 4.74 Å². The first kappa shape index (κ1) is 14.6. The highest BCUT2D eigenvalue weighted by Gasteiger charge is 2.18. The molecular formula is C18H22O2. The molecule has 2 nitrogen and oxygen atoms in total. The van der Waals surface area contributed by atoms with Crippen molar-refractivity contribution in [2.45, 2.75) is 25.7 Å². The Labute approximate surface area is 121 Å². The molecule has 2 aromatic carbocycles. The van der Waals surface area contributed by atoms with E-state index in [9.17, 15) is 5.11 Å². The van der Waals surface area contributed by atoms with Gasteiger partial charge in [0.1, 0.15) is 5.75 Å². The lowest BCUT2D eigenvalue weighted by Gasteiger charge is -2.20. The molecule has 0 radical (unpaired) electrons. The monoisotopic (exact) mass is 270 g/mol. The Balaban J connectivity index is 2.48. The van der Waals surface area contributed by atoms with E-state index < -0.39 is 0 Å². The Hall–Kier alpha value is -1.80. The zero-order valence-electron chi connectivity index (χ0n) is 12.2. The van der Waals surface area contributed by atoms with E-state index in [2.05, 4.69) is 31.2 Å². The molecule has 20 heavy (non-hydrogen) atoms. The summed E-state index contributed by atoms with van der Waals surface area (Å²) in [7, 11) is 1.70. The lowest BCUT2D eigenvalue weighted by atomic mass is 9.87. The van der Waals surface area contributed by atoms with Crippen molar-refractivity contribution in [3.05, 3.63) is 65.2 Å². The third-order valence-corrected chi connectivity index (χ3v) is 3.70. The highest BCUT2D eigenvalue weighted by atomic mass is 16.5. The first-order chi connectivity index (χ1) is 9.80. The normalized spacial score (nSPS) is 12.2. The van der Waals surface area contributed by atoms with Gasteiger partial charge < -0.3 is 9.84 Å². The Bertz CT molecular complexity index is 534. The maximum Gasteiger partial charge on any atom is 0.122 e. The molecule has 0 aromatic heterocycles. The van der Waals surface area contributed by atoms with Gasteiger partial charge in [-0.25, -0.2) is 0 Å². The molecule has 0 fully saturated rings. The Morgan fingerprint density at radius 3 is 2.45 bits per heavy atom. The maximum absolute atomic E-state index is 9.41. The molecule has 0 saturated heterocycles. The molecule has 2 heteroatoms. The molecular weight excluding hydrogens is 248 g/mol. The van der Waals surface area contributed by atoms with Crippen LogP contribution in [0.25, 0.3) is 0 Å². The van der Waals surface area contributed by atoms with Crippen LogP contribution in [0.5, 0.6) is 5.75 Å². The molecule has 1 atom stereocenters. The summed E-state index contributed by atoms with van der Waals surface area (Å²) in [5.74, 6) is 1.06. The Morgan fingerprint density at radius 1 is 1.10 bits per heavy atom.